The van der Waals surface area contributed by atoms with Crippen LogP contribution in [0.1, 0.15) is 17.3 Å². The lowest BCUT2D eigenvalue weighted by atomic mass is 10.1. The topological polar surface area (TPSA) is 55.8 Å². The molecule has 0 fully saturated rings. The van der Waals surface area contributed by atoms with Crippen LogP contribution in [0.25, 0.3) is 0 Å². The number of carbonyl (C=O) groups is 1. The molecule has 0 aromatic heterocycles. The van der Waals surface area contributed by atoms with Crippen molar-refractivity contribution in [2.75, 3.05) is 13.2 Å². The fraction of sp³-hybridized carbons (Fsp3) is 0.300. The third-order valence-corrected chi connectivity index (χ3v) is 2.04. The molecule has 0 bridgehead atoms. The lowest BCUT2D eigenvalue weighted by Crippen LogP contribution is -2.15. The third-order valence-electron chi connectivity index (χ3n) is 2.04. The molecule has 1 aromatic rings. The van der Waals surface area contributed by atoms with Gasteiger partial charge in [0.1, 0.15) is 19.0 Å². The van der Waals surface area contributed by atoms with Crippen LogP contribution in [0.3, 0.4) is 0 Å². The van der Waals surface area contributed by atoms with Crippen molar-refractivity contribution in [3.05, 3.63) is 17.7 Å². The maximum Gasteiger partial charge on any atom is 0.165 e. The second-order valence-electron chi connectivity index (χ2n) is 3.07. The summed E-state index contributed by atoms with van der Waals surface area (Å²) in [4.78, 5) is 11.1. The number of hydrogen-bond acceptors (Lipinski definition) is 4. The van der Waals surface area contributed by atoms with Crippen LogP contribution in [-0.4, -0.2) is 24.1 Å². The van der Waals surface area contributed by atoms with Gasteiger partial charge in [-0.15, -0.1) is 0 Å². The van der Waals surface area contributed by atoms with Gasteiger partial charge in [0.2, 0.25) is 0 Å². The van der Waals surface area contributed by atoms with E-state index < -0.39 is 0 Å². The Morgan fingerprint density at radius 2 is 1.86 bits per heavy atom. The largest absolute Gasteiger partial charge is 0.507 e. The van der Waals surface area contributed by atoms with Gasteiger partial charge in [0.05, 0.1) is 5.56 Å². The molecule has 4 heteroatoms. The zero-order chi connectivity index (χ0) is 10.1. The summed E-state index contributed by atoms with van der Waals surface area (Å²) in [5, 5.41) is 9.48. The average Bonchev–Trinajstić information content (AvgIpc) is 2.16. The van der Waals surface area contributed by atoms with E-state index in [9.17, 15) is 9.90 Å². The number of carbonyl (C=O) groups excluding carboxylic acids is 1. The molecule has 0 saturated carbocycles. The van der Waals surface area contributed by atoms with E-state index in [4.69, 9.17) is 9.47 Å². The quantitative estimate of drug-likeness (QED) is 0.686. The Morgan fingerprint density at radius 1 is 1.29 bits per heavy atom. The van der Waals surface area contributed by atoms with Gasteiger partial charge in [0.25, 0.3) is 0 Å². The molecule has 0 aliphatic carbocycles. The van der Waals surface area contributed by atoms with Gasteiger partial charge in [-0.2, -0.15) is 0 Å². The average molecular weight is 194 g/mol. The van der Waals surface area contributed by atoms with Crippen LogP contribution >= 0.6 is 0 Å². The summed E-state index contributed by atoms with van der Waals surface area (Å²) in [6.45, 7) is 2.33. The fourth-order valence-corrected chi connectivity index (χ4v) is 1.36. The molecule has 0 unspecified atom stereocenters. The van der Waals surface area contributed by atoms with Gasteiger partial charge in [0.15, 0.2) is 17.3 Å². The number of ketones is 1. The monoisotopic (exact) mass is 194 g/mol. The van der Waals surface area contributed by atoms with Crippen molar-refractivity contribution < 1.29 is 19.4 Å². The summed E-state index contributed by atoms with van der Waals surface area (Å²) in [6, 6.07) is 2.91. The van der Waals surface area contributed by atoms with Gasteiger partial charge in [0, 0.05) is 6.07 Å². The van der Waals surface area contributed by atoms with E-state index >= 15 is 0 Å². The van der Waals surface area contributed by atoms with Crippen molar-refractivity contribution in [2.24, 2.45) is 0 Å². The van der Waals surface area contributed by atoms with Gasteiger partial charge in [-0.1, -0.05) is 0 Å². The molecule has 1 aliphatic rings. The molecule has 0 amide bonds. The molecular formula is C10H10O4. The predicted octanol–water partition coefficient (Wildman–Crippen LogP) is 1.37. The molecule has 1 N–H and O–H groups in total. The SMILES string of the molecule is CC(=O)c1cc2c(cc1O)OCCO2. The van der Waals surface area contributed by atoms with Gasteiger partial charge in [-0.3, -0.25) is 4.79 Å². The first kappa shape index (κ1) is 8.87. The van der Waals surface area contributed by atoms with Crippen molar-refractivity contribution in [1.82, 2.24) is 0 Å². The molecule has 0 saturated heterocycles. The van der Waals surface area contributed by atoms with Crippen molar-refractivity contribution >= 4 is 5.78 Å². The first-order valence-corrected chi connectivity index (χ1v) is 4.32. The van der Waals surface area contributed by atoms with Crippen molar-refractivity contribution in [3.8, 4) is 17.2 Å². The Kier molecular flexibility index (Phi) is 2.04. The zero-order valence-corrected chi connectivity index (χ0v) is 7.74. The minimum atomic E-state index is -0.195. The highest BCUT2D eigenvalue weighted by molar-refractivity contribution is 5.97. The Bertz CT molecular complexity index is 384. The molecule has 1 aromatic carbocycles. The van der Waals surface area contributed by atoms with E-state index in [1.807, 2.05) is 0 Å². The van der Waals surface area contributed by atoms with Gasteiger partial charge in [-0.05, 0) is 13.0 Å². The number of hydrogen-bond donors (Lipinski definition) is 1. The molecule has 1 heterocycles. The molecule has 0 atom stereocenters. The summed E-state index contributed by atoms with van der Waals surface area (Å²) >= 11 is 0. The molecule has 4 nitrogen and oxygen atoms in total. The normalized spacial score (nSPS) is 13.8. The van der Waals surface area contributed by atoms with E-state index in [1.165, 1.54) is 19.1 Å². The van der Waals surface area contributed by atoms with Gasteiger partial charge >= 0.3 is 0 Å². The van der Waals surface area contributed by atoms with Crippen molar-refractivity contribution in [3.63, 3.8) is 0 Å². The minimum Gasteiger partial charge on any atom is -0.507 e. The van der Waals surface area contributed by atoms with Crippen LogP contribution in [0.2, 0.25) is 0 Å². The molecule has 1 aliphatic heterocycles. The van der Waals surface area contributed by atoms with E-state index in [0.717, 1.165) is 0 Å². The highest BCUT2D eigenvalue weighted by Crippen LogP contribution is 2.36. The van der Waals surface area contributed by atoms with Crippen LogP contribution < -0.4 is 9.47 Å². The molecule has 2 rings (SSSR count). The zero-order valence-electron chi connectivity index (χ0n) is 7.74. The highest BCUT2D eigenvalue weighted by Gasteiger charge is 2.17. The molecule has 74 valence electrons. The van der Waals surface area contributed by atoms with E-state index in [-0.39, 0.29) is 17.1 Å². The number of rotatable bonds is 1. The second-order valence-corrected chi connectivity index (χ2v) is 3.07. The second kappa shape index (κ2) is 3.21. The lowest BCUT2D eigenvalue weighted by Gasteiger charge is -2.19. The van der Waals surface area contributed by atoms with Crippen LogP contribution in [0, 0.1) is 0 Å². The Hall–Kier alpha value is -1.71. The van der Waals surface area contributed by atoms with Crippen molar-refractivity contribution in [2.45, 2.75) is 6.92 Å². The summed E-state index contributed by atoms with van der Waals surface area (Å²) in [7, 11) is 0. The first-order chi connectivity index (χ1) is 6.68. The smallest absolute Gasteiger partial charge is 0.165 e. The molecule has 14 heavy (non-hydrogen) atoms. The van der Waals surface area contributed by atoms with Gasteiger partial charge < -0.3 is 14.6 Å². The van der Waals surface area contributed by atoms with Crippen molar-refractivity contribution in [1.29, 1.82) is 0 Å². The summed E-state index contributed by atoms with van der Waals surface area (Å²) in [5.74, 6) is 0.735. The van der Waals surface area contributed by atoms with Crippen LogP contribution in [0.4, 0.5) is 0 Å². The Morgan fingerprint density at radius 3 is 2.43 bits per heavy atom. The maximum atomic E-state index is 11.1. The van der Waals surface area contributed by atoms with Crippen LogP contribution in [-0.2, 0) is 0 Å². The minimum absolute atomic E-state index is 0.0678. The first-order valence-electron chi connectivity index (χ1n) is 4.32. The maximum absolute atomic E-state index is 11.1. The summed E-state index contributed by atoms with van der Waals surface area (Å²) < 4.78 is 10.5. The predicted molar refractivity (Wildman–Crippen MR) is 49.1 cm³/mol. The Balaban J connectivity index is 2.50. The summed E-state index contributed by atoms with van der Waals surface area (Å²) in [5.41, 5.74) is 0.259. The number of aromatic hydroxyl groups is 1. The lowest BCUT2D eigenvalue weighted by molar-refractivity contribution is 0.101. The van der Waals surface area contributed by atoms with E-state index in [1.54, 1.807) is 0 Å². The molecule has 0 spiro atoms. The third kappa shape index (κ3) is 1.39. The number of fused-ring (bicyclic) bond motifs is 1. The van der Waals surface area contributed by atoms with Crippen LogP contribution in [0.15, 0.2) is 12.1 Å². The van der Waals surface area contributed by atoms with E-state index in [0.29, 0.717) is 24.7 Å². The highest BCUT2D eigenvalue weighted by atomic mass is 16.6. The number of Topliss-reactive ketones (excluding diaryl/α,β-unsaturated/α-hetero) is 1. The fourth-order valence-electron chi connectivity index (χ4n) is 1.36. The Labute approximate surface area is 81.1 Å². The van der Waals surface area contributed by atoms with Gasteiger partial charge in [-0.25, -0.2) is 0 Å². The number of ether oxygens (including phenoxy) is 2. The molecule has 0 radical (unpaired) electrons. The summed E-state index contributed by atoms with van der Waals surface area (Å²) in [6.07, 6.45) is 0. The van der Waals surface area contributed by atoms with E-state index in [2.05, 4.69) is 0 Å². The number of phenolic OH excluding ortho intramolecular Hbond substituents is 1. The van der Waals surface area contributed by atoms with Crippen LogP contribution in [0.5, 0.6) is 17.2 Å². The standard InChI is InChI=1S/C10H10O4/c1-6(11)7-4-9-10(5-8(7)12)14-3-2-13-9/h4-5,12H,2-3H2,1H3. The molecular weight excluding hydrogens is 184 g/mol. The number of benzene rings is 1. The number of phenols is 1.